The first kappa shape index (κ1) is 42.6. The fourth-order valence-corrected chi connectivity index (χ4v) is 7.93. The van der Waals surface area contributed by atoms with Gasteiger partial charge in [-0.2, -0.15) is 23.5 Å². The predicted molar refractivity (Wildman–Crippen MR) is 209 cm³/mol. The Morgan fingerprint density at radius 1 is 0.915 bits per heavy atom. The molecule has 59 heavy (non-hydrogen) atoms. The Hall–Kier alpha value is -6.03. The molecular formula is C41H43F3N8O6S. The number of hydrogen-bond acceptors (Lipinski definition) is 8. The predicted octanol–water partition coefficient (Wildman–Crippen LogP) is 4.72. The molecule has 14 nitrogen and oxygen atoms in total. The standard InChI is InChI=1S/C35H37F3N8O3.C6H6O3S/c1-42-31(29-11-16-40-44(29)27-9-7-23(22-39)8-10-27)30(34(49)45(42)28-6-4-5-25(21-28)35(36,37)38)32(47)41-26-12-17-43(18-13-26)33(48)24-14-19-46(2,3)20-15-24;7-10(8,9)6-4-2-1-3-5-6/h4-11,16,21,24,26H,12-15,17-20H2,1-3H3;1-5H,(H,7,8,9). The minimum absolute atomic E-state index is 0.000518. The molecule has 2 aliphatic heterocycles. The first-order valence-electron chi connectivity index (χ1n) is 18.8. The molecule has 0 radical (unpaired) electrons. The third-order valence-electron chi connectivity index (χ3n) is 10.7. The number of likely N-dealkylation sites (tertiary alicyclic amines) is 2. The highest BCUT2D eigenvalue weighted by Crippen LogP contribution is 2.32. The number of rotatable bonds is 7. The lowest BCUT2D eigenvalue weighted by Crippen LogP contribution is -2.52. The topological polar surface area (TPSA) is 175 Å². The van der Waals surface area contributed by atoms with Gasteiger partial charge >= 0.3 is 6.18 Å². The number of nitrogens with one attached hydrogen (secondary N) is 1. The van der Waals surface area contributed by atoms with E-state index in [1.54, 1.807) is 36.4 Å². The fraction of sp³-hybridized carbons (Fsp3) is 0.341. The second kappa shape index (κ2) is 17.1. The second-order valence-corrected chi connectivity index (χ2v) is 16.6. The fourth-order valence-electron chi connectivity index (χ4n) is 7.43. The molecule has 2 fully saturated rings. The van der Waals surface area contributed by atoms with Crippen molar-refractivity contribution in [1.29, 1.82) is 5.26 Å². The van der Waals surface area contributed by atoms with Crippen LogP contribution in [0.4, 0.5) is 13.2 Å². The van der Waals surface area contributed by atoms with Gasteiger partial charge in [0.1, 0.15) is 21.4 Å². The highest BCUT2D eigenvalue weighted by Gasteiger charge is 2.36. The quantitative estimate of drug-likeness (QED) is 0.181. The molecule has 310 valence electrons. The first-order valence-corrected chi connectivity index (χ1v) is 20.3. The number of carbonyl (C=O) groups is 2. The van der Waals surface area contributed by atoms with Crippen LogP contribution in [-0.2, 0) is 28.1 Å². The van der Waals surface area contributed by atoms with Crippen molar-refractivity contribution in [3.63, 3.8) is 0 Å². The summed E-state index contributed by atoms with van der Waals surface area (Å²) in [6.07, 6.45) is -0.476. The molecular weight excluding hydrogens is 790 g/mol. The van der Waals surface area contributed by atoms with Crippen LogP contribution < -0.4 is 10.9 Å². The van der Waals surface area contributed by atoms with Gasteiger partial charge in [-0.05, 0) is 73.5 Å². The molecule has 5 aromatic rings. The molecule has 2 saturated heterocycles. The Bertz CT molecular complexity index is 2520. The van der Waals surface area contributed by atoms with Gasteiger partial charge in [0.05, 0.1) is 72.5 Å². The Kier molecular flexibility index (Phi) is 12.3. The van der Waals surface area contributed by atoms with E-state index < -0.39 is 33.3 Å². The lowest BCUT2D eigenvalue weighted by molar-refractivity contribution is -0.895. The molecule has 1 N–H and O–H groups in total. The maximum Gasteiger partial charge on any atom is 0.416 e. The molecule has 0 bridgehead atoms. The van der Waals surface area contributed by atoms with Crippen LogP contribution in [0.2, 0.25) is 0 Å². The smallest absolute Gasteiger partial charge is 0.416 e. The van der Waals surface area contributed by atoms with E-state index in [0.29, 0.717) is 42.9 Å². The summed E-state index contributed by atoms with van der Waals surface area (Å²) in [5.74, 6) is -0.528. The summed E-state index contributed by atoms with van der Waals surface area (Å²) < 4.78 is 76.7. The van der Waals surface area contributed by atoms with E-state index in [2.05, 4.69) is 30.6 Å². The Labute approximate surface area is 339 Å². The number of amides is 2. The van der Waals surface area contributed by atoms with E-state index in [4.69, 9.17) is 0 Å². The number of aromatic nitrogens is 4. The van der Waals surface area contributed by atoms with Crippen molar-refractivity contribution < 1.29 is 40.2 Å². The van der Waals surface area contributed by atoms with Crippen LogP contribution in [0.5, 0.6) is 0 Å². The van der Waals surface area contributed by atoms with Gasteiger partial charge in [0.2, 0.25) is 5.91 Å². The maximum absolute atomic E-state index is 14.1. The van der Waals surface area contributed by atoms with E-state index in [9.17, 15) is 45.8 Å². The number of hydrogen-bond donors (Lipinski definition) is 1. The summed E-state index contributed by atoms with van der Waals surface area (Å²) in [7, 11) is 1.58. The van der Waals surface area contributed by atoms with Gasteiger partial charge in [-0.15, -0.1) is 0 Å². The van der Waals surface area contributed by atoms with E-state index >= 15 is 0 Å². The summed E-state index contributed by atoms with van der Waals surface area (Å²) >= 11 is 0. The molecule has 18 heteroatoms. The first-order chi connectivity index (χ1) is 27.9. The van der Waals surface area contributed by atoms with Crippen LogP contribution in [0.3, 0.4) is 0 Å². The maximum atomic E-state index is 14.1. The Balaban J connectivity index is 0.000000512. The zero-order valence-corrected chi connectivity index (χ0v) is 33.4. The lowest BCUT2D eigenvalue weighted by Gasteiger charge is -2.39. The van der Waals surface area contributed by atoms with Crippen LogP contribution in [0.15, 0.2) is 101 Å². The largest absolute Gasteiger partial charge is 0.744 e. The molecule has 0 saturated carbocycles. The SMILES string of the molecule is Cn1c(-c2ccnn2-c2ccc(C#N)cc2)c(C(=O)NC2CCN(C(=O)C3CC[N+](C)(C)CC3)CC2)c(=O)n1-c1cccc(C(F)(F)F)c1.O=S(=O)([O-])c1ccccc1. The summed E-state index contributed by atoms with van der Waals surface area (Å²) in [5.41, 5.74) is -0.598. The Morgan fingerprint density at radius 2 is 1.56 bits per heavy atom. The summed E-state index contributed by atoms with van der Waals surface area (Å²) in [4.78, 5) is 43.1. The second-order valence-electron chi connectivity index (χ2n) is 15.2. The Morgan fingerprint density at radius 3 is 2.14 bits per heavy atom. The lowest BCUT2D eigenvalue weighted by atomic mass is 9.93. The van der Waals surface area contributed by atoms with Crippen LogP contribution in [0.1, 0.15) is 47.2 Å². The van der Waals surface area contributed by atoms with Gasteiger partial charge < -0.3 is 19.3 Å². The van der Waals surface area contributed by atoms with Crippen LogP contribution in [0.25, 0.3) is 22.8 Å². The number of alkyl halides is 3. The zero-order valence-electron chi connectivity index (χ0n) is 32.6. The van der Waals surface area contributed by atoms with Crippen molar-refractivity contribution in [3.05, 3.63) is 118 Å². The van der Waals surface area contributed by atoms with Gasteiger partial charge in [0, 0.05) is 44.9 Å². The molecule has 2 aliphatic rings. The van der Waals surface area contributed by atoms with Crippen LogP contribution in [-0.4, -0.2) is 99.6 Å². The van der Waals surface area contributed by atoms with Gasteiger partial charge in [0.25, 0.3) is 11.5 Å². The number of quaternary nitrogens is 1. The van der Waals surface area contributed by atoms with Crippen molar-refractivity contribution in [1.82, 2.24) is 29.4 Å². The van der Waals surface area contributed by atoms with E-state index in [1.807, 2.05) is 4.90 Å². The average Bonchev–Trinajstić information content (AvgIpc) is 3.79. The van der Waals surface area contributed by atoms with E-state index in [1.165, 1.54) is 59.0 Å². The monoisotopic (exact) mass is 832 g/mol. The number of carbonyl (C=O) groups excluding carboxylic acids is 2. The van der Waals surface area contributed by atoms with E-state index in [0.717, 1.165) is 47.2 Å². The average molecular weight is 833 g/mol. The molecule has 0 unspecified atom stereocenters. The van der Waals surface area contributed by atoms with Crippen molar-refractivity contribution >= 4 is 21.9 Å². The highest BCUT2D eigenvalue weighted by molar-refractivity contribution is 7.85. The molecule has 0 spiro atoms. The molecule has 4 heterocycles. The third kappa shape index (κ3) is 9.65. The minimum Gasteiger partial charge on any atom is -0.744 e. The van der Waals surface area contributed by atoms with Crippen molar-refractivity contribution in [2.75, 3.05) is 40.3 Å². The van der Waals surface area contributed by atoms with E-state index in [-0.39, 0.29) is 39.7 Å². The minimum atomic E-state index is -4.65. The number of nitrogens with zero attached hydrogens (tertiary/aromatic N) is 7. The number of benzene rings is 3. The van der Waals surface area contributed by atoms with Crippen LogP contribution >= 0.6 is 0 Å². The van der Waals surface area contributed by atoms with Crippen LogP contribution in [0, 0.1) is 17.2 Å². The van der Waals surface area contributed by atoms with Crippen molar-refractivity contribution in [3.8, 4) is 28.8 Å². The van der Waals surface area contributed by atoms with Crippen molar-refractivity contribution in [2.45, 2.75) is 42.8 Å². The third-order valence-corrected chi connectivity index (χ3v) is 11.6. The molecule has 2 aromatic heterocycles. The van der Waals surface area contributed by atoms with Crippen molar-refractivity contribution in [2.24, 2.45) is 13.0 Å². The van der Waals surface area contributed by atoms with Gasteiger partial charge in [0.15, 0.2) is 0 Å². The summed E-state index contributed by atoms with van der Waals surface area (Å²) in [6, 6.07) is 21.4. The number of nitriles is 1. The molecule has 3 aromatic carbocycles. The molecule has 0 atom stereocenters. The molecule has 7 rings (SSSR count). The number of piperidine rings is 2. The summed E-state index contributed by atoms with van der Waals surface area (Å²) in [6.45, 7) is 2.84. The van der Waals surface area contributed by atoms with Gasteiger partial charge in [-0.3, -0.25) is 19.1 Å². The highest BCUT2D eigenvalue weighted by atomic mass is 32.2. The normalized spacial score (nSPS) is 16.1. The van der Waals surface area contributed by atoms with Gasteiger partial charge in [-0.25, -0.2) is 17.8 Å². The molecule has 2 amide bonds. The zero-order chi connectivity index (χ0) is 42.7. The molecule has 0 aliphatic carbocycles. The number of halogens is 3. The van der Waals surface area contributed by atoms with Gasteiger partial charge in [-0.1, -0.05) is 24.3 Å². The summed E-state index contributed by atoms with van der Waals surface area (Å²) in [5, 5.41) is 16.6.